The first-order valence-electron chi connectivity index (χ1n) is 6.12. The molecule has 0 amide bonds. The summed E-state index contributed by atoms with van der Waals surface area (Å²) in [5.74, 6) is 6.22. The molecule has 1 fully saturated rings. The van der Waals surface area contributed by atoms with Crippen LogP contribution in [0.3, 0.4) is 0 Å². The number of aliphatic imine (C=N–C) groups is 1. The summed E-state index contributed by atoms with van der Waals surface area (Å²) in [5.41, 5.74) is 3.93. The van der Waals surface area contributed by atoms with Gasteiger partial charge in [0.05, 0.1) is 12.1 Å². The van der Waals surface area contributed by atoms with Crippen molar-refractivity contribution >= 4 is 17.3 Å². The lowest BCUT2D eigenvalue weighted by Crippen LogP contribution is -2.43. The number of thiophene rings is 1. The minimum Gasteiger partial charge on any atom is -0.349 e. The molecule has 1 aromatic heterocycles. The van der Waals surface area contributed by atoms with Crippen LogP contribution in [0.4, 0.5) is 0 Å². The van der Waals surface area contributed by atoms with Crippen LogP contribution in [0.25, 0.3) is 0 Å². The Morgan fingerprint density at radius 1 is 1.53 bits per heavy atom. The number of nitrogens with zero attached hydrogens (tertiary/aromatic N) is 1. The van der Waals surface area contributed by atoms with E-state index in [9.17, 15) is 0 Å². The Hall–Kier alpha value is -1.07. The molecule has 0 spiro atoms. The summed E-state index contributed by atoms with van der Waals surface area (Å²) in [6.07, 6.45) is 4.93. The Bertz CT molecular complexity index is 355. The number of hydrogen-bond donors (Lipinski definition) is 3. The standard InChI is InChI=1S/C12H20N4S/c1-9(10-6-7-17-8-10)14-12(16-13)15-11-4-2-3-5-11/h6-9,11H,2-5,13H2,1H3,(H2,14,15,16). The molecule has 1 atom stereocenters. The highest BCUT2D eigenvalue weighted by Crippen LogP contribution is 2.21. The lowest BCUT2D eigenvalue weighted by atomic mass is 10.2. The normalized spacial score (nSPS) is 19.3. The Balaban J connectivity index is 1.94. The maximum Gasteiger partial charge on any atom is 0.206 e. The molecule has 2 rings (SSSR count). The third-order valence-electron chi connectivity index (χ3n) is 3.17. The summed E-state index contributed by atoms with van der Waals surface area (Å²) < 4.78 is 0. The largest absolute Gasteiger partial charge is 0.349 e. The van der Waals surface area contributed by atoms with Gasteiger partial charge in [0.2, 0.25) is 5.96 Å². The number of nitrogens with two attached hydrogens (primary N) is 1. The third-order valence-corrected chi connectivity index (χ3v) is 3.87. The molecule has 1 aromatic rings. The number of rotatable bonds is 3. The quantitative estimate of drug-likeness (QED) is 0.334. The molecule has 4 nitrogen and oxygen atoms in total. The molecule has 1 unspecified atom stereocenters. The van der Waals surface area contributed by atoms with Gasteiger partial charge in [0.15, 0.2) is 0 Å². The molecule has 1 heterocycles. The van der Waals surface area contributed by atoms with Crippen LogP contribution < -0.4 is 16.6 Å². The summed E-state index contributed by atoms with van der Waals surface area (Å²) in [7, 11) is 0. The molecular formula is C12H20N4S. The molecule has 0 radical (unpaired) electrons. The first kappa shape index (κ1) is 12.4. The van der Waals surface area contributed by atoms with Gasteiger partial charge in [0.25, 0.3) is 0 Å². The fraction of sp³-hybridized carbons (Fsp3) is 0.583. The molecule has 0 saturated heterocycles. The van der Waals surface area contributed by atoms with Crippen molar-refractivity contribution in [2.24, 2.45) is 10.8 Å². The second-order valence-corrected chi connectivity index (χ2v) is 5.26. The first-order valence-corrected chi connectivity index (χ1v) is 7.07. The number of hydrazine groups is 1. The van der Waals surface area contributed by atoms with E-state index >= 15 is 0 Å². The second-order valence-electron chi connectivity index (χ2n) is 4.48. The van der Waals surface area contributed by atoms with Crippen molar-refractivity contribution in [3.8, 4) is 0 Å². The van der Waals surface area contributed by atoms with Gasteiger partial charge in [-0.15, -0.1) is 0 Å². The molecule has 0 aromatic carbocycles. The highest BCUT2D eigenvalue weighted by molar-refractivity contribution is 7.07. The highest BCUT2D eigenvalue weighted by atomic mass is 32.1. The molecule has 1 saturated carbocycles. The van der Waals surface area contributed by atoms with Crippen molar-refractivity contribution in [2.45, 2.75) is 44.7 Å². The number of nitrogens with one attached hydrogen (secondary N) is 2. The SMILES string of the molecule is CC(NC(=NC1CCCC1)NN)c1ccsc1. The first-order chi connectivity index (χ1) is 8.29. The van der Waals surface area contributed by atoms with Gasteiger partial charge in [-0.1, -0.05) is 12.8 Å². The summed E-state index contributed by atoms with van der Waals surface area (Å²) in [6.45, 7) is 2.11. The van der Waals surface area contributed by atoms with E-state index in [1.54, 1.807) is 11.3 Å². The van der Waals surface area contributed by atoms with E-state index in [1.165, 1.54) is 31.2 Å². The van der Waals surface area contributed by atoms with Crippen LogP contribution in [0.5, 0.6) is 0 Å². The monoisotopic (exact) mass is 252 g/mol. The van der Waals surface area contributed by atoms with Crippen molar-refractivity contribution in [2.75, 3.05) is 0 Å². The molecule has 0 aliphatic heterocycles. The van der Waals surface area contributed by atoms with Crippen molar-refractivity contribution in [1.82, 2.24) is 10.7 Å². The average molecular weight is 252 g/mol. The van der Waals surface area contributed by atoms with Gasteiger partial charge in [0.1, 0.15) is 0 Å². The van der Waals surface area contributed by atoms with Gasteiger partial charge in [-0.3, -0.25) is 5.43 Å². The van der Waals surface area contributed by atoms with E-state index in [0.717, 1.165) is 0 Å². The number of hydrogen-bond acceptors (Lipinski definition) is 3. The van der Waals surface area contributed by atoms with E-state index in [2.05, 4.69) is 39.5 Å². The topological polar surface area (TPSA) is 62.4 Å². The zero-order chi connectivity index (χ0) is 12.1. The van der Waals surface area contributed by atoms with Gasteiger partial charge in [-0.2, -0.15) is 11.3 Å². The zero-order valence-electron chi connectivity index (χ0n) is 10.1. The van der Waals surface area contributed by atoms with Crippen LogP contribution in [0.1, 0.15) is 44.2 Å². The Kier molecular flexibility index (Phi) is 4.39. The molecule has 4 N–H and O–H groups in total. The van der Waals surface area contributed by atoms with Crippen molar-refractivity contribution in [3.05, 3.63) is 22.4 Å². The predicted octanol–water partition coefficient (Wildman–Crippen LogP) is 2.16. The van der Waals surface area contributed by atoms with Gasteiger partial charge in [0, 0.05) is 0 Å². The van der Waals surface area contributed by atoms with Crippen LogP contribution in [-0.2, 0) is 0 Å². The molecular weight excluding hydrogens is 232 g/mol. The second kappa shape index (κ2) is 6.02. The minimum atomic E-state index is 0.234. The van der Waals surface area contributed by atoms with Crippen molar-refractivity contribution in [3.63, 3.8) is 0 Å². The van der Waals surface area contributed by atoms with Crippen molar-refractivity contribution in [1.29, 1.82) is 0 Å². The summed E-state index contributed by atoms with van der Waals surface area (Å²) >= 11 is 1.70. The maximum atomic E-state index is 5.51. The molecule has 17 heavy (non-hydrogen) atoms. The lowest BCUT2D eigenvalue weighted by molar-refractivity contribution is 0.654. The van der Waals surface area contributed by atoms with Crippen molar-refractivity contribution < 1.29 is 0 Å². The smallest absolute Gasteiger partial charge is 0.206 e. The summed E-state index contributed by atoms with van der Waals surface area (Å²) in [5, 5.41) is 7.54. The number of guanidine groups is 1. The van der Waals surface area contributed by atoms with Crippen LogP contribution in [0.2, 0.25) is 0 Å². The maximum absolute atomic E-state index is 5.51. The highest BCUT2D eigenvalue weighted by Gasteiger charge is 2.15. The summed E-state index contributed by atoms with van der Waals surface area (Å²) in [6, 6.07) is 2.78. The van der Waals surface area contributed by atoms with E-state index < -0.39 is 0 Å². The average Bonchev–Trinajstić information content (AvgIpc) is 3.00. The van der Waals surface area contributed by atoms with Crippen LogP contribution in [0.15, 0.2) is 21.8 Å². The van der Waals surface area contributed by atoms with E-state index in [-0.39, 0.29) is 6.04 Å². The van der Waals surface area contributed by atoms with Crippen LogP contribution in [0, 0.1) is 0 Å². The Morgan fingerprint density at radius 2 is 2.29 bits per heavy atom. The van der Waals surface area contributed by atoms with Gasteiger partial charge in [-0.25, -0.2) is 10.8 Å². The Labute approximate surface area is 106 Å². The van der Waals surface area contributed by atoms with E-state index in [1.807, 2.05) is 0 Å². The van der Waals surface area contributed by atoms with Crippen LogP contribution in [-0.4, -0.2) is 12.0 Å². The fourth-order valence-electron chi connectivity index (χ4n) is 2.14. The predicted molar refractivity (Wildman–Crippen MR) is 72.9 cm³/mol. The van der Waals surface area contributed by atoms with E-state index in [4.69, 9.17) is 5.84 Å². The summed E-state index contributed by atoms with van der Waals surface area (Å²) in [4.78, 5) is 4.62. The zero-order valence-corrected chi connectivity index (χ0v) is 11.0. The minimum absolute atomic E-state index is 0.234. The Morgan fingerprint density at radius 3 is 2.88 bits per heavy atom. The van der Waals surface area contributed by atoms with Gasteiger partial charge in [-0.05, 0) is 42.2 Å². The molecule has 0 bridgehead atoms. The molecule has 1 aliphatic carbocycles. The van der Waals surface area contributed by atoms with Gasteiger partial charge >= 0.3 is 0 Å². The van der Waals surface area contributed by atoms with E-state index in [0.29, 0.717) is 12.0 Å². The third kappa shape index (κ3) is 3.44. The van der Waals surface area contributed by atoms with Gasteiger partial charge < -0.3 is 5.32 Å². The lowest BCUT2D eigenvalue weighted by Gasteiger charge is -2.17. The fourth-order valence-corrected chi connectivity index (χ4v) is 2.90. The van der Waals surface area contributed by atoms with Crippen LogP contribution >= 0.6 is 11.3 Å². The molecule has 5 heteroatoms. The molecule has 94 valence electrons. The molecule has 1 aliphatic rings.